The number of amides is 1. The molecule has 0 aliphatic carbocycles. The van der Waals surface area contributed by atoms with Gasteiger partial charge in [0.2, 0.25) is 5.91 Å². The molecule has 2 aromatic rings. The van der Waals surface area contributed by atoms with Crippen LogP contribution in [0.1, 0.15) is 11.3 Å². The number of nitrogens with one attached hydrogen (secondary N) is 1. The number of rotatable bonds is 4. The third kappa shape index (κ3) is 3.17. The summed E-state index contributed by atoms with van der Waals surface area (Å²) >= 11 is 1.63. The molecule has 104 valence electrons. The first-order valence-electron chi connectivity index (χ1n) is 6.79. The standard InChI is InChI=1S/C15H17N3OS/c19-15(10-13-4-3-9-20-13)17-12-6-8-18(11-12)14-5-1-2-7-16-14/h1-5,7,9,12H,6,8,10-11H2,(H,17,19)/t12-/m0/s1. The molecule has 20 heavy (non-hydrogen) atoms. The molecule has 0 saturated carbocycles. The summed E-state index contributed by atoms with van der Waals surface area (Å²) in [6, 6.07) is 10.1. The first-order valence-corrected chi connectivity index (χ1v) is 7.67. The Morgan fingerprint density at radius 1 is 1.40 bits per heavy atom. The van der Waals surface area contributed by atoms with E-state index in [4.69, 9.17) is 0 Å². The normalized spacial score (nSPS) is 18.2. The number of pyridine rings is 1. The van der Waals surface area contributed by atoms with Crippen molar-refractivity contribution in [1.82, 2.24) is 10.3 Å². The maximum atomic E-state index is 12.0. The predicted molar refractivity (Wildman–Crippen MR) is 81.0 cm³/mol. The molecule has 0 aromatic carbocycles. The van der Waals surface area contributed by atoms with Gasteiger partial charge in [0.15, 0.2) is 0 Å². The second-order valence-corrected chi connectivity index (χ2v) is 5.98. The summed E-state index contributed by atoms with van der Waals surface area (Å²) in [6.45, 7) is 1.79. The van der Waals surface area contributed by atoms with Crippen LogP contribution in [0, 0.1) is 0 Å². The summed E-state index contributed by atoms with van der Waals surface area (Å²) in [6.07, 6.45) is 3.27. The molecule has 1 aliphatic heterocycles. The van der Waals surface area contributed by atoms with Crippen LogP contribution in [0.2, 0.25) is 0 Å². The fraction of sp³-hybridized carbons (Fsp3) is 0.333. The highest BCUT2D eigenvalue weighted by atomic mass is 32.1. The highest BCUT2D eigenvalue weighted by Crippen LogP contribution is 2.17. The van der Waals surface area contributed by atoms with Gasteiger partial charge in [0.05, 0.1) is 6.42 Å². The number of hydrogen-bond donors (Lipinski definition) is 1. The third-order valence-electron chi connectivity index (χ3n) is 3.44. The van der Waals surface area contributed by atoms with Gasteiger partial charge in [-0.1, -0.05) is 12.1 Å². The van der Waals surface area contributed by atoms with E-state index in [9.17, 15) is 4.79 Å². The van der Waals surface area contributed by atoms with Crippen LogP contribution in [0.4, 0.5) is 5.82 Å². The van der Waals surface area contributed by atoms with Crippen LogP contribution in [0.5, 0.6) is 0 Å². The second-order valence-electron chi connectivity index (χ2n) is 4.94. The Bertz CT molecular complexity index is 556. The van der Waals surface area contributed by atoms with Gasteiger partial charge in [0.25, 0.3) is 0 Å². The van der Waals surface area contributed by atoms with Gasteiger partial charge in [0.1, 0.15) is 5.82 Å². The summed E-state index contributed by atoms with van der Waals surface area (Å²) in [5.41, 5.74) is 0. The zero-order valence-electron chi connectivity index (χ0n) is 11.2. The second kappa shape index (κ2) is 6.05. The lowest BCUT2D eigenvalue weighted by atomic mass is 10.2. The first-order chi connectivity index (χ1) is 9.81. The van der Waals surface area contributed by atoms with Crippen LogP contribution in [-0.2, 0) is 11.2 Å². The van der Waals surface area contributed by atoms with Crippen molar-refractivity contribution in [3.8, 4) is 0 Å². The van der Waals surface area contributed by atoms with Crippen LogP contribution < -0.4 is 10.2 Å². The molecule has 4 nitrogen and oxygen atoms in total. The van der Waals surface area contributed by atoms with Gasteiger partial charge in [-0.15, -0.1) is 11.3 Å². The van der Waals surface area contributed by atoms with Crippen molar-refractivity contribution in [2.45, 2.75) is 18.9 Å². The summed E-state index contributed by atoms with van der Waals surface area (Å²) in [5, 5.41) is 5.12. The Morgan fingerprint density at radius 2 is 2.35 bits per heavy atom. The molecule has 0 radical (unpaired) electrons. The number of thiophene rings is 1. The van der Waals surface area contributed by atoms with Crippen LogP contribution in [0.3, 0.4) is 0 Å². The molecule has 1 saturated heterocycles. The Balaban J connectivity index is 1.52. The fourth-order valence-electron chi connectivity index (χ4n) is 2.48. The van der Waals surface area contributed by atoms with Gasteiger partial charge in [-0.25, -0.2) is 4.98 Å². The van der Waals surface area contributed by atoms with Crippen LogP contribution in [0.15, 0.2) is 41.9 Å². The molecule has 5 heteroatoms. The minimum atomic E-state index is 0.111. The average Bonchev–Trinajstić information content (AvgIpc) is 3.11. The maximum absolute atomic E-state index is 12.0. The largest absolute Gasteiger partial charge is 0.354 e. The van der Waals surface area contributed by atoms with Crippen molar-refractivity contribution in [2.75, 3.05) is 18.0 Å². The Morgan fingerprint density at radius 3 is 3.10 bits per heavy atom. The minimum absolute atomic E-state index is 0.111. The predicted octanol–water partition coefficient (Wildman–Crippen LogP) is 2.08. The lowest BCUT2D eigenvalue weighted by Crippen LogP contribution is -2.37. The van der Waals surface area contributed by atoms with Gasteiger partial charge in [-0.05, 0) is 30.0 Å². The Labute approximate surface area is 122 Å². The molecule has 3 rings (SSSR count). The van der Waals surface area contributed by atoms with E-state index in [0.717, 1.165) is 30.2 Å². The average molecular weight is 287 g/mol. The molecule has 0 bridgehead atoms. The Kier molecular flexibility index (Phi) is 3.97. The van der Waals surface area contributed by atoms with E-state index in [-0.39, 0.29) is 11.9 Å². The van der Waals surface area contributed by atoms with E-state index >= 15 is 0 Å². The van der Waals surface area contributed by atoms with Gasteiger partial charge < -0.3 is 10.2 Å². The Hall–Kier alpha value is -1.88. The fourth-order valence-corrected chi connectivity index (χ4v) is 3.18. The van der Waals surface area contributed by atoms with E-state index in [1.807, 2.05) is 35.7 Å². The van der Waals surface area contributed by atoms with Gasteiger partial charge in [-0.2, -0.15) is 0 Å². The molecule has 1 atom stereocenters. The van der Waals surface area contributed by atoms with Crippen molar-refractivity contribution in [2.24, 2.45) is 0 Å². The van der Waals surface area contributed by atoms with Crippen molar-refractivity contribution < 1.29 is 4.79 Å². The van der Waals surface area contributed by atoms with E-state index < -0.39 is 0 Å². The number of anilines is 1. The zero-order valence-corrected chi connectivity index (χ0v) is 12.0. The molecule has 1 aliphatic rings. The topological polar surface area (TPSA) is 45.2 Å². The van der Waals surface area contributed by atoms with Crippen LogP contribution in [0.25, 0.3) is 0 Å². The lowest BCUT2D eigenvalue weighted by Gasteiger charge is -2.17. The van der Waals surface area contributed by atoms with E-state index in [1.165, 1.54) is 0 Å². The lowest BCUT2D eigenvalue weighted by molar-refractivity contribution is -0.120. The van der Waals surface area contributed by atoms with Crippen LogP contribution >= 0.6 is 11.3 Å². The molecular formula is C15H17N3OS. The molecule has 2 aromatic heterocycles. The van der Waals surface area contributed by atoms with E-state index in [2.05, 4.69) is 15.2 Å². The maximum Gasteiger partial charge on any atom is 0.225 e. The monoisotopic (exact) mass is 287 g/mol. The van der Waals surface area contributed by atoms with Crippen molar-refractivity contribution >= 4 is 23.1 Å². The van der Waals surface area contributed by atoms with E-state index in [0.29, 0.717) is 6.42 Å². The van der Waals surface area contributed by atoms with Crippen molar-refractivity contribution in [3.63, 3.8) is 0 Å². The van der Waals surface area contributed by atoms with Crippen molar-refractivity contribution in [3.05, 3.63) is 46.8 Å². The molecule has 1 N–H and O–H groups in total. The summed E-state index contributed by atoms with van der Waals surface area (Å²) in [5.74, 6) is 1.10. The molecular weight excluding hydrogens is 270 g/mol. The highest BCUT2D eigenvalue weighted by Gasteiger charge is 2.24. The van der Waals surface area contributed by atoms with Crippen molar-refractivity contribution in [1.29, 1.82) is 0 Å². The molecule has 1 fully saturated rings. The SMILES string of the molecule is O=C(Cc1cccs1)N[C@H]1CCN(c2ccccn2)C1. The quantitative estimate of drug-likeness (QED) is 0.936. The van der Waals surface area contributed by atoms with E-state index in [1.54, 1.807) is 17.5 Å². The van der Waals surface area contributed by atoms with Crippen LogP contribution in [-0.4, -0.2) is 30.0 Å². The summed E-state index contributed by atoms with van der Waals surface area (Å²) in [4.78, 5) is 19.7. The number of aromatic nitrogens is 1. The number of carbonyl (C=O) groups is 1. The zero-order chi connectivity index (χ0) is 13.8. The number of carbonyl (C=O) groups excluding carboxylic acids is 1. The smallest absolute Gasteiger partial charge is 0.225 e. The number of hydrogen-bond acceptors (Lipinski definition) is 4. The first kappa shape index (κ1) is 13.1. The van der Waals surface area contributed by atoms with Gasteiger partial charge >= 0.3 is 0 Å². The summed E-state index contributed by atoms with van der Waals surface area (Å²) < 4.78 is 0. The highest BCUT2D eigenvalue weighted by molar-refractivity contribution is 7.10. The molecule has 3 heterocycles. The van der Waals surface area contributed by atoms with Gasteiger partial charge in [0, 0.05) is 30.2 Å². The number of nitrogens with zero attached hydrogens (tertiary/aromatic N) is 2. The third-order valence-corrected chi connectivity index (χ3v) is 4.32. The molecule has 0 spiro atoms. The van der Waals surface area contributed by atoms with Gasteiger partial charge in [-0.3, -0.25) is 4.79 Å². The summed E-state index contributed by atoms with van der Waals surface area (Å²) in [7, 11) is 0. The molecule has 1 amide bonds. The molecule has 0 unspecified atom stereocenters. The minimum Gasteiger partial charge on any atom is -0.354 e.